The van der Waals surface area contributed by atoms with Gasteiger partial charge in [0.05, 0.1) is 11.1 Å². The molecule has 0 aliphatic carbocycles. The summed E-state index contributed by atoms with van der Waals surface area (Å²) in [6, 6.07) is 11.2. The van der Waals surface area contributed by atoms with E-state index >= 15 is 0 Å². The van der Waals surface area contributed by atoms with E-state index in [1.807, 2.05) is 0 Å². The number of aromatic nitrogens is 2. The lowest BCUT2D eigenvalue weighted by atomic mass is 10.2. The molecule has 2 aromatic carbocycles. The average Bonchev–Trinajstić information content (AvgIpc) is 2.72. The number of anilines is 5. The Morgan fingerprint density at radius 3 is 2.26 bits per heavy atom. The maximum absolute atomic E-state index is 13.0. The number of halogens is 3. The Morgan fingerprint density at radius 2 is 1.62 bits per heavy atom. The Balaban J connectivity index is 1.80. The first-order valence-corrected chi connectivity index (χ1v) is 10.1. The van der Waals surface area contributed by atoms with Crippen LogP contribution in [0.15, 0.2) is 54.7 Å². The number of nitrogens with zero attached hydrogens (tertiary/aromatic N) is 2. The molecule has 1 aromatic heterocycles. The molecule has 1 heterocycles. The van der Waals surface area contributed by atoms with Gasteiger partial charge in [0, 0.05) is 23.3 Å². The molecule has 8 nitrogen and oxygen atoms in total. The molecule has 0 fully saturated rings. The maximum atomic E-state index is 13.0. The molecule has 0 radical (unpaired) electrons. The zero-order valence-corrected chi connectivity index (χ0v) is 18.5. The first-order valence-electron chi connectivity index (χ1n) is 10.1. The maximum Gasteiger partial charge on any atom is 0.416 e. The van der Waals surface area contributed by atoms with E-state index < -0.39 is 23.4 Å². The molecule has 3 rings (SSSR count). The topological polar surface area (TPSA) is 105 Å². The molecule has 0 aliphatic heterocycles. The molecule has 3 aromatic rings. The lowest BCUT2D eigenvalue weighted by molar-refractivity contribution is -0.137. The number of hydrogen-bond acceptors (Lipinski definition) is 7. The fourth-order valence-electron chi connectivity index (χ4n) is 2.77. The Bertz CT molecular complexity index is 1190. The van der Waals surface area contributed by atoms with Crippen LogP contribution >= 0.6 is 0 Å². The number of aldehydes is 1. The van der Waals surface area contributed by atoms with E-state index in [4.69, 9.17) is 4.74 Å². The van der Waals surface area contributed by atoms with Crippen molar-refractivity contribution in [2.24, 2.45) is 0 Å². The van der Waals surface area contributed by atoms with Crippen LogP contribution in [0.25, 0.3) is 0 Å². The van der Waals surface area contributed by atoms with Gasteiger partial charge in [-0.05, 0) is 57.2 Å². The number of hydrogen-bond donors (Lipinski definition) is 3. The summed E-state index contributed by atoms with van der Waals surface area (Å²) in [7, 11) is 0. The lowest BCUT2D eigenvalue weighted by Crippen LogP contribution is -2.27. The normalized spacial score (nSPS) is 11.5. The van der Waals surface area contributed by atoms with Crippen LogP contribution in [0.5, 0.6) is 0 Å². The quantitative estimate of drug-likeness (QED) is 0.369. The number of nitrogens with one attached hydrogen (secondary N) is 3. The van der Waals surface area contributed by atoms with Gasteiger partial charge in [-0.25, -0.2) is 9.78 Å². The lowest BCUT2D eigenvalue weighted by Gasteiger charge is -2.19. The van der Waals surface area contributed by atoms with Crippen molar-refractivity contribution in [2.75, 3.05) is 16.0 Å². The van der Waals surface area contributed by atoms with Gasteiger partial charge in [-0.2, -0.15) is 18.2 Å². The van der Waals surface area contributed by atoms with Crippen LogP contribution in [0.1, 0.15) is 36.7 Å². The third-order valence-corrected chi connectivity index (χ3v) is 4.16. The molecule has 0 unspecified atom stereocenters. The summed E-state index contributed by atoms with van der Waals surface area (Å²) < 4.78 is 44.1. The second-order valence-electron chi connectivity index (χ2n) is 8.15. The van der Waals surface area contributed by atoms with Crippen molar-refractivity contribution in [3.63, 3.8) is 0 Å². The van der Waals surface area contributed by atoms with Crippen LogP contribution in [-0.4, -0.2) is 27.9 Å². The summed E-state index contributed by atoms with van der Waals surface area (Å²) in [5.74, 6) is 0.101. The number of ether oxygens (including phenoxy) is 1. The summed E-state index contributed by atoms with van der Waals surface area (Å²) >= 11 is 0. The van der Waals surface area contributed by atoms with E-state index in [0.29, 0.717) is 17.7 Å². The standard InChI is InChI=1S/C23H22F3N5O3/c1-22(2,3)34-21(33)30-18-9-5-8-17(11-18)28-19-14(13-32)12-27-20(31-19)29-16-7-4-6-15(10-16)23(24,25)26/h4-13H,1-3H3,(H,30,33)(H2,27,28,29,31). The highest BCUT2D eigenvalue weighted by Crippen LogP contribution is 2.31. The SMILES string of the molecule is CC(C)(C)OC(=O)Nc1cccc(Nc2nc(Nc3cccc(C(F)(F)F)c3)ncc2C=O)c1. The van der Waals surface area contributed by atoms with Gasteiger partial charge in [0.25, 0.3) is 0 Å². The zero-order valence-electron chi connectivity index (χ0n) is 18.5. The van der Waals surface area contributed by atoms with Gasteiger partial charge in [0.15, 0.2) is 6.29 Å². The van der Waals surface area contributed by atoms with Crippen LogP contribution in [0.2, 0.25) is 0 Å². The molecule has 0 aliphatic rings. The van der Waals surface area contributed by atoms with Gasteiger partial charge in [-0.15, -0.1) is 0 Å². The van der Waals surface area contributed by atoms with Gasteiger partial charge >= 0.3 is 12.3 Å². The number of carbonyl (C=O) groups excluding carboxylic acids is 2. The largest absolute Gasteiger partial charge is 0.444 e. The van der Waals surface area contributed by atoms with E-state index in [9.17, 15) is 22.8 Å². The Kier molecular flexibility index (Phi) is 7.04. The Hall–Kier alpha value is -4.15. The van der Waals surface area contributed by atoms with Crippen LogP contribution < -0.4 is 16.0 Å². The molecule has 0 saturated carbocycles. The predicted octanol–water partition coefficient (Wildman–Crippen LogP) is 6.14. The van der Waals surface area contributed by atoms with Crippen molar-refractivity contribution >= 4 is 41.2 Å². The predicted molar refractivity (Wildman–Crippen MR) is 122 cm³/mol. The third-order valence-electron chi connectivity index (χ3n) is 4.16. The van der Waals surface area contributed by atoms with Crippen LogP contribution in [0.3, 0.4) is 0 Å². The minimum atomic E-state index is -4.50. The summed E-state index contributed by atoms with van der Waals surface area (Å²) in [6.45, 7) is 5.23. The first-order chi connectivity index (χ1) is 15.9. The number of rotatable bonds is 6. The van der Waals surface area contributed by atoms with Crippen molar-refractivity contribution in [2.45, 2.75) is 32.5 Å². The molecular weight excluding hydrogens is 451 g/mol. The van der Waals surface area contributed by atoms with E-state index in [-0.39, 0.29) is 23.0 Å². The summed E-state index contributed by atoms with van der Waals surface area (Å²) in [4.78, 5) is 31.6. The van der Waals surface area contributed by atoms with E-state index in [2.05, 4.69) is 25.9 Å². The van der Waals surface area contributed by atoms with Crippen LogP contribution in [0.4, 0.5) is 46.8 Å². The van der Waals surface area contributed by atoms with E-state index in [1.54, 1.807) is 45.0 Å². The number of amides is 1. The minimum Gasteiger partial charge on any atom is -0.444 e. The fraction of sp³-hybridized carbons (Fsp3) is 0.217. The molecule has 178 valence electrons. The molecular formula is C23H22F3N5O3. The second-order valence-corrected chi connectivity index (χ2v) is 8.15. The zero-order chi connectivity index (χ0) is 24.9. The van der Waals surface area contributed by atoms with Gasteiger partial charge in [-0.1, -0.05) is 12.1 Å². The minimum absolute atomic E-state index is 0.0181. The highest BCUT2D eigenvalue weighted by molar-refractivity contribution is 5.87. The summed E-state index contributed by atoms with van der Waals surface area (Å²) in [6.07, 6.45) is -3.35. The van der Waals surface area contributed by atoms with Crippen molar-refractivity contribution in [1.29, 1.82) is 0 Å². The summed E-state index contributed by atoms with van der Waals surface area (Å²) in [5.41, 5.74) is -0.315. The van der Waals surface area contributed by atoms with E-state index in [0.717, 1.165) is 12.1 Å². The highest BCUT2D eigenvalue weighted by Gasteiger charge is 2.30. The van der Waals surface area contributed by atoms with Crippen LogP contribution in [0, 0.1) is 0 Å². The smallest absolute Gasteiger partial charge is 0.416 e. The molecule has 0 spiro atoms. The van der Waals surface area contributed by atoms with Crippen molar-refractivity contribution in [3.05, 3.63) is 65.9 Å². The number of alkyl halides is 3. The van der Waals surface area contributed by atoms with E-state index in [1.165, 1.54) is 18.3 Å². The molecule has 3 N–H and O–H groups in total. The molecule has 34 heavy (non-hydrogen) atoms. The van der Waals surface area contributed by atoms with Crippen LogP contribution in [-0.2, 0) is 10.9 Å². The monoisotopic (exact) mass is 473 g/mol. The second kappa shape index (κ2) is 9.77. The summed E-state index contributed by atoms with van der Waals surface area (Å²) in [5, 5.41) is 8.26. The third kappa shape index (κ3) is 6.92. The molecule has 1 amide bonds. The number of carbonyl (C=O) groups is 2. The molecule has 0 bridgehead atoms. The molecule has 0 atom stereocenters. The molecule has 0 saturated heterocycles. The molecule has 11 heteroatoms. The van der Waals surface area contributed by atoms with Gasteiger partial charge < -0.3 is 15.4 Å². The van der Waals surface area contributed by atoms with Gasteiger partial charge in [0.1, 0.15) is 11.4 Å². The fourth-order valence-corrected chi connectivity index (χ4v) is 2.77. The first kappa shape index (κ1) is 24.5. The van der Waals surface area contributed by atoms with Gasteiger partial charge in [0.2, 0.25) is 5.95 Å². The van der Waals surface area contributed by atoms with Crippen molar-refractivity contribution in [1.82, 2.24) is 9.97 Å². The Labute approximate surface area is 193 Å². The number of benzene rings is 2. The Morgan fingerprint density at radius 1 is 0.971 bits per heavy atom. The van der Waals surface area contributed by atoms with Crippen molar-refractivity contribution in [3.8, 4) is 0 Å². The highest BCUT2D eigenvalue weighted by atomic mass is 19.4. The average molecular weight is 473 g/mol. The van der Waals surface area contributed by atoms with Crippen molar-refractivity contribution < 1.29 is 27.5 Å². The van der Waals surface area contributed by atoms with Gasteiger partial charge in [-0.3, -0.25) is 10.1 Å².